The lowest BCUT2D eigenvalue weighted by atomic mass is 9.94. The molecular weight excluding hydrogens is 246 g/mol. The van der Waals surface area contributed by atoms with Gasteiger partial charge in [0.2, 0.25) is 0 Å². The Kier molecular flexibility index (Phi) is 4.40. The summed E-state index contributed by atoms with van der Waals surface area (Å²) in [5.41, 5.74) is 0.308. The van der Waals surface area contributed by atoms with Crippen LogP contribution in [0.5, 0.6) is 0 Å². The Morgan fingerprint density at radius 1 is 1.39 bits per heavy atom. The first-order valence-corrected chi connectivity index (χ1v) is 7.53. The lowest BCUT2D eigenvalue weighted by Crippen LogP contribution is -2.42. The molecule has 2 N–H and O–H groups in total. The molecule has 1 aromatic heterocycles. The summed E-state index contributed by atoms with van der Waals surface area (Å²) in [6, 6.07) is 1.94. The molecule has 0 radical (unpaired) electrons. The van der Waals surface area contributed by atoms with E-state index in [1.54, 1.807) is 0 Å². The van der Waals surface area contributed by atoms with Crippen molar-refractivity contribution in [2.75, 3.05) is 6.54 Å². The maximum Gasteiger partial charge on any atom is 0.261 e. The summed E-state index contributed by atoms with van der Waals surface area (Å²) in [6.45, 7) is 2.31. The highest BCUT2D eigenvalue weighted by Crippen LogP contribution is 2.26. The van der Waals surface area contributed by atoms with Gasteiger partial charge in [0.1, 0.15) is 0 Å². The van der Waals surface area contributed by atoms with Gasteiger partial charge in [-0.1, -0.05) is 25.7 Å². The molecule has 0 saturated heterocycles. The molecule has 0 aliphatic heterocycles. The normalized spacial score (nSPS) is 19.2. The molecule has 0 aromatic carbocycles. The molecule has 1 aromatic rings. The van der Waals surface area contributed by atoms with Crippen LogP contribution in [-0.2, 0) is 0 Å². The topological polar surface area (TPSA) is 49.3 Å². The van der Waals surface area contributed by atoms with Gasteiger partial charge in [-0.3, -0.25) is 4.79 Å². The van der Waals surface area contributed by atoms with Crippen LogP contribution in [0, 0.1) is 6.92 Å². The Balaban J connectivity index is 1.90. The van der Waals surface area contributed by atoms with Gasteiger partial charge in [-0.2, -0.15) is 0 Å². The highest BCUT2D eigenvalue weighted by atomic mass is 32.1. The van der Waals surface area contributed by atoms with E-state index in [1.807, 2.05) is 18.4 Å². The van der Waals surface area contributed by atoms with E-state index in [1.165, 1.54) is 24.2 Å². The molecule has 2 rings (SSSR count). The maximum absolute atomic E-state index is 12.0. The lowest BCUT2D eigenvalue weighted by molar-refractivity contribution is 0.0247. The van der Waals surface area contributed by atoms with E-state index in [9.17, 15) is 9.90 Å². The second-order valence-electron chi connectivity index (χ2n) is 5.25. The minimum absolute atomic E-state index is 0.0554. The first-order valence-electron chi connectivity index (χ1n) is 6.65. The summed E-state index contributed by atoms with van der Waals surface area (Å²) in [5.74, 6) is -0.0554. The quantitative estimate of drug-likeness (QED) is 0.827. The molecule has 0 atom stereocenters. The number of aryl methyl sites for hydroxylation is 1. The van der Waals surface area contributed by atoms with Crippen LogP contribution in [0.25, 0.3) is 0 Å². The van der Waals surface area contributed by atoms with Crippen molar-refractivity contribution in [1.82, 2.24) is 5.32 Å². The van der Waals surface area contributed by atoms with Crippen LogP contribution in [0.15, 0.2) is 11.4 Å². The fourth-order valence-electron chi connectivity index (χ4n) is 2.49. The third kappa shape index (κ3) is 3.33. The van der Waals surface area contributed by atoms with Crippen LogP contribution in [0.4, 0.5) is 0 Å². The van der Waals surface area contributed by atoms with Gasteiger partial charge in [-0.05, 0) is 36.8 Å². The fraction of sp³-hybridized carbons (Fsp3) is 0.643. The van der Waals surface area contributed by atoms with Crippen molar-refractivity contribution in [2.45, 2.75) is 51.0 Å². The Hall–Kier alpha value is -0.870. The van der Waals surface area contributed by atoms with Crippen molar-refractivity contribution in [2.24, 2.45) is 0 Å². The van der Waals surface area contributed by atoms with Crippen LogP contribution >= 0.6 is 11.3 Å². The van der Waals surface area contributed by atoms with Crippen molar-refractivity contribution < 1.29 is 9.90 Å². The Bertz CT molecular complexity index is 406. The highest BCUT2D eigenvalue weighted by Gasteiger charge is 2.28. The second-order valence-corrected chi connectivity index (χ2v) is 6.17. The van der Waals surface area contributed by atoms with E-state index < -0.39 is 5.60 Å². The fourth-order valence-corrected chi connectivity index (χ4v) is 3.34. The van der Waals surface area contributed by atoms with Crippen LogP contribution in [-0.4, -0.2) is 23.2 Å². The third-order valence-electron chi connectivity index (χ3n) is 3.68. The number of carbonyl (C=O) groups is 1. The molecule has 1 fully saturated rings. The van der Waals surface area contributed by atoms with E-state index in [2.05, 4.69) is 5.32 Å². The summed E-state index contributed by atoms with van der Waals surface area (Å²) in [4.78, 5) is 12.7. The molecule has 0 spiro atoms. The zero-order valence-corrected chi connectivity index (χ0v) is 11.7. The SMILES string of the molecule is Cc1ccsc1C(=O)NCC1(O)CCCCCC1. The van der Waals surface area contributed by atoms with E-state index in [-0.39, 0.29) is 5.91 Å². The summed E-state index contributed by atoms with van der Waals surface area (Å²) in [6.07, 6.45) is 6.11. The second kappa shape index (κ2) is 5.85. The summed E-state index contributed by atoms with van der Waals surface area (Å²) in [5, 5.41) is 15.3. The molecule has 1 saturated carbocycles. The van der Waals surface area contributed by atoms with Crippen molar-refractivity contribution in [1.29, 1.82) is 0 Å². The summed E-state index contributed by atoms with van der Waals surface area (Å²) in [7, 11) is 0. The van der Waals surface area contributed by atoms with E-state index in [4.69, 9.17) is 0 Å². The summed E-state index contributed by atoms with van der Waals surface area (Å²) < 4.78 is 0. The monoisotopic (exact) mass is 267 g/mol. The van der Waals surface area contributed by atoms with Gasteiger partial charge in [-0.25, -0.2) is 0 Å². The van der Waals surface area contributed by atoms with Crippen molar-refractivity contribution >= 4 is 17.2 Å². The molecular formula is C14H21NO2S. The smallest absolute Gasteiger partial charge is 0.261 e. The van der Waals surface area contributed by atoms with Crippen molar-refractivity contribution in [3.8, 4) is 0 Å². The number of carbonyl (C=O) groups excluding carboxylic acids is 1. The zero-order valence-electron chi connectivity index (χ0n) is 10.9. The molecule has 0 bridgehead atoms. The van der Waals surface area contributed by atoms with Gasteiger partial charge in [0.15, 0.2) is 0 Å². The minimum atomic E-state index is -0.697. The summed E-state index contributed by atoms with van der Waals surface area (Å²) >= 11 is 1.45. The van der Waals surface area contributed by atoms with Crippen LogP contribution < -0.4 is 5.32 Å². The largest absolute Gasteiger partial charge is 0.388 e. The molecule has 1 heterocycles. The van der Waals surface area contributed by atoms with E-state index in [0.717, 1.165) is 36.1 Å². The number of rotatable bonds is 3. The van der Waals surface area contributed by atoms with E-state index >= 15 is 0 Å². The molecule has 0 unspecified atom stereocenters. The number of hydrogen-bond donors (Lipinski definition) is 2. The Morgan fingerprint density at radius 3 is 2.61 bits per heavy atom. The number of amides is 1. The molecule has 18 heavy (non-hydrogen) atoms. The predicted molar refractivity (Wildman–Crippen MR) is 74.0 cm³/mol. The van der Waals surface area contributed by atoms with Gasteiger partial charge in [-0.15, -0.1) is 11.3 Å². The predicted octanol–water partition coefficient (Wildman–Crippen LogP) is 2.87. The van der Waals surface area contributed by atoms with Crippen molar-refractivity contribution in [3.05, 3.63) is 21.9 Å². The van der Waals surface area contributed by atoms with Crippen LogP contribution in [0.3, 0.4) is 0 Å². The van der Waals surface area contributed by atoms with Gasteiger partial charge in [0.05, 0.1) is 10.5 Å². The molecule has 4 heteroatoms. The third-order valence-corrected chi connectivity index (χ3v) is 4.70. The number of hydrogen-bond acceptors (Lipinski definition) is 3. The lowest BCUT2D eigenvalue weighted by Gasteiger charge is -2.26. The molecule has 1 amide bonds. The first-order chi connectivity index (χ1) is 8.61. The number of thiophene rings is 1. The maximum atomic E-state index is 12.0. The van der Waals surface area contributed by atoms with Crippen LogP contribution in [0.2, 0.25) is 0 Å². The van der Waals surface area contributed by atoms with Crippen LogP contribution in [0.1, 0.15) is 53.8 Å². The molecule has 3 nitrogen and oxygen atoms in total. The Labute approximate surface area is 112 Å². The van der Waals surface area contributed by atoms with Gasteiger partial charge in [0, 0.05) is 6.54 Å². The zero-order chi connectivity index (χ0) is 13.0. The minimum Gasteiger partial charge on any atom is -0.388 e. The van der Waals surface area contributed by atoms with E-state index in [0.29, 0.717) is 6.54 Å². The molecule has 100 valence electrons. The van der Waals surface area contributed by atoms with Gasteiger partial charge in [0.25, 0.3) is 5.91 Å². The van der Waals surface area contributed by atoms with Gasteiger partial charge >= 0.3 is 0 Å². The average Bonchev–Trinajstić information content (AvgIpc) is 2.65. The Morgan fingerprint density at radius 2 is 2.06 bits per heavy atom. The first kappa shape index (κ1) is 13.6. The number of nitrogens with one attached hydrogen (secondary N) is 1. The average molecular weight is 267 g/mol. The van der Waals surface area contributed by atoms with Crippen molar-refractivity contribution in [3.63, 3.8) is 0 Å². The standard InChI is InChI=1S/C14H21NO2S/c1-11-6-9-18-12(11)13(16)15-10-14(17)7-4-2-3-5-8-14/h6,9,17H,2-5,7-8,10H2,1H3,(H,15,16). The molecule has 1 aliphatic rings. The van der Waals surface area contributed by atoms with Gasteiger partial charge < -0.3 is 10.4 Å². The molecule has 1 aliphatic carbocycles. The highest BCUT2D eigenvalue weighted by molar-refractivity contribution is 7.12. The number of aliphatic hydroxyl groups is 1.